The predicted octanol–water partition coefficient (Wildman–Crippen LogP) is -0.552. The highest BCUT2D eigenvalue weighted by molar-refractivity contribution is 4.86. The third-order valence-corrected chi connectivity index (χ3v) is 2.12. The van der Waals surface area contributed by atoms with Crippen molar-refractivity contribution in [3.63, 3.8) is 0 Å². The molecule has 0 radical (unpaired) electrons. The van der Waals surface area contributed by atoms with Gasteiger partial charge in [-0.2, -0.15) is 0 Å². The Morgan fingerprint density at radius 1 is 1.50 bits per heavy atom. The summed E-state index contributed by atoms with van der Waals surface area (Å²) in [5.74, 6) is 0. The lowest BCUT2D eigenvalue weighted by atomic mass is 10.2. The summed E-state index contributed by atoms with van der Waals surface area (Å²) in [7, 11) is 0. The minimum absolute atomic E-state index is 0.0961. The number of hydrogen-bond acceptors (Lipinski definition) is 2. The van der Waals surface area contributed by atoms with Crippen molar-refractivity contribution in [2.75, 3.05) is 13.1 Å². The van der Waals surface area contributed by atoms with E-state index in [1.54, 1.807) is 0 Å². The van der Waals surface area contributed by atoms with Crippen LogP contribution in [0.1, 0.15) is 6.42 Å². The van der Waals surface area contributed by atoms with Crippen LogP contribution in [0.5, 0.6) is 0 Å². The fourth-order valence-electron chi connectivity index (χ4n) is 1.55. The molecule has 2 rings (SSSR count). The van der Waals surface area contributed by atoms with Crippen LogP contribution in [0, 0.1) is 5.21 Å². The number of rotatable bonds is 0. The van der Waals surface area contributed by atoms with Crippen molar-refractivity contribution in [3.05, 3.63) is 5.21 Å². The summed E-state index contributed by atoms with van der Waals surface area (Å²) in [5, 5.41) is 19.8. The molecular weight excluding hydrogens is 106 g/mol. The summed E-state index contributed by atoms with van der Waals surface area (Å²) < 4.78 is -0.0961. The van der Waals surface area contributed by atoms with E-state index in [9.17, 15) is 5.21 Å². The Hall–Kier alpha value is -0.120. The average Bonchev–Trinajstić information content (AvgIpc) is 2.07. The lowest BCUT2D eigenvalue weighted by Gasteiger charge is -2.18. The van der Waals surface area contributed by atoms with Crippen LogP contribution in [0.2, 0.25) is 0 Å². The molecule has 8 heavy (non-hydrogen) atoms. The molecule has 46 valence electrons. The van der Waals surface area contributed by atoms with E-state index in [0.717, 1.165) is 13.0 Å². The third kappa shape index (κ3) is 0.438. The molecule has 3 nitrogen and oxygen atoms in total. The average molecular weight is 115 g/mol. The first-order valence-corrected chi connectivity index (χ1v) is 2.96. The fourth-order valence-corrected chi connectivity index (χ4v) is 1.55. The van der Waals surface area contributed by atoms with E-state index in [0.29, 0.717) is 6.54 Å². The van der Waals surface area contributed by atoms with Crippen LogP contribution in [0.3, 0.4) is 0 Å². The van der Waals surface area contributed by atoms with E-state index in [4.69, 9.17) is 5.11 Å². The number of hydroxylamine groups is 3. The maximum atomic E-state index is 11.0. The Morgan fingerprint density at radius 2 is 2.25 bits per heavy atom. The first-order valence-electron chi connectivity index (χ1n) is 2.96. The van der Waals surface area contributed by atoms with Gasteiger partial charge in [-0.05, 0) is 0 Å². The van der Waals surface area contributed by atoms with E-state index < -0.39 is 0 Å². The Bertz CT molecular complexity index is 128. The largest absolute Gasteiger partial charge is 0.632 e. The second-order valence-corrected chi connectivity index (χ2v) is 2.86. The molecule has 0 aromatic rings. The van der Waals surface area contributed by atoms with Crippen molar-refractivity contribution >= 4 is 0 Å². The molecule has 2 saturated heterocycles. The van der Waals surface area contributed by atoms with Crippen LogP contribution in [-0.2, 0) is 0 Å². The van der Waals surface area contributed by atoms with Crippen molar-refractivity contribution in [2.24, 2.45) is 0 Å². The topological polar surface area (TPSA) is 43.3 Å². The van der Waals surface area contributed by atoms with E-state index in [1.807, 2.05) is 0 Å². The number of fused-ring (bicyclic) bond motifs is 1. The standard InChI is InChI=1S/C5H9NO2/c7-5-1-4-2-6(4,8)3-5/h4-5,7H,1-3H2. The van der Waals surface area contributed by atoms with Gasteiger partial charge in [0.1, 0.15) is 25.2 Å². The molecule has 2 fully saturated rings. The summed E-state index contributed by atoms with van der Waals surface area (Å²) in [6.07, 6.45) is 0.440. The second kappa shape index (κ2) is 1.07. The fraction of sp³-hybridized carbons (Fsp3) is 1.00. The van der Waals surface area contributed by atoms with E-state index in [2.05, 4.69) is 0 Å². The molecule has 0 bridgehead atoms. The van der Waals surface area contributed by atoms with Gasteiger partial charge in [0.05, 0.1) is 0 Å². The van der Waals surface area contributed by atoms with Crippen LogP contribution in [0.25, 0.3) is 0 Å². The van der Waals surface area contributed by atoms with Gasteiger partial charge < -0.3 is 15.0 Å². The van der Waals surface area contributed by atoms with Gasteiger partial charge in [-0.15, -0.1) is 0 Å². The summed E-state index contributed by atoms with van der Waals surface area (Å²) in [5.41, 5.74) is 0. The zero-order chi connectivity index (χ0) is 5.78. The minimum Gasteiger partial charge on any atom is -0.632 e. The first kappa shape index (κ1) is 4.73. The summed E-state index contributed by atoms with van der Waals surface area (Å²) in [4.78, 5) is 0. The van der Waals surface area contributed by atoms with E-state index >= 15 is 0 Å². The molecule has 2 heterocycles. The Labute approximate surface area is 47.7 Å². The van der Waals surface area contributed by atoms with Crippen LogP contribution >= 0.6 is 0 Å². The van der Waals surface area contributed by atoms with E-state index in [1.165, 1.54) is 0 Å². The molecule has 2 aliphatic rings. The zero-order valence-corrected chi connectivity index (χ0v) is 4.58. The molecule has 0 spiro atoms. The number of aliphatic hydroxyl groups excluding tert-OH is 1. The SMILES string of the molecule is [O-][N+]12CC(O)CC1C2. The summed E-state index contributed by atoms with van der Waals surface area (Å²) in [6.45, 7) is 1.21. The van der Waals surface area contributed by atoms with Crippen LogP contribution < -0.4 is 0 Å². The van der Waals surface area contributed by atoms with Gasteiger partial charge in [-0.3, -0.25) is 0 Å². The Balaban J connectivity index is 2.10. The van der Waals surface area contributed by atoms with Gasteiger partial charge in [-0.1, -0.05) is 0 Å². The van der Waals surface area contributed by atoms with Crippen molar-refractivity contribution < 1.29 is 9.75 Å². The Kier molecular flexibility index (Phi) is 0.635. The van der Waals surface area contributed by atoms with E-state index in [-0.39, 0.29) is 16.8 Å². The smallest absolute Gasteiger partial charge is 0.142 e. The van der Waals surface area contributed by atoms with Gasteiger partial charge in [0.25, 0.3) is 0 Å². The van der Waals surface area contributed by atoms with Crippen molar-refractivity contribution in [3.8, 4) is 0 Å². The second-order valence-electron chi connectivity index (χ2n) is 2.86. The van der Waals surface area contributed by atoms with Crippen molar-refractivity contribution in [1.82, 2.24) is 0 Å². The molecule has 2 aliphatic heterocycles. The molecule has 0 saturated carbocycles. The van der Waals surface area contributed by atoms with Crippen LogP contribution in [0.15, 0.2) is 0 Å². The maximum absolute atomic E-state index is 11.0. The van der Waals surface area contributed by atoms with Gasteiger partial charge in [0, 0.05) is 6.42 Å². The number of aliphatic hydroxyl groups is 1. The predicted molar refractivity (Wildman–Crippen MR) is 27.8 cm³/mol. The quantitative estimate of drug-likeness (QED) is 0.261. The molecule has 3 atom stereocenters. The lowest BCUT2D eigenvalue weighted by Crippen LogP contribution is -2.22. The number of piperidine rings is 1. The first-order chi connectivity index (χ1) is 3.71. The molecule has 1 N–H and O–H groups in total. The molecule has 3 unspecified atom stereocenters. The maximum Gasteiger partial charge on any atom is 0.142 e. The normalized spacial score (nSPS) is 60.8. The zero-order valence-electron chi connectivity index (χ0n) is 4.58. The molecule has 3 heteroatoms. The van der Waals surface area contributed by atoms with Gasteiger partial charge in [0.2, 0.25) is 0 Å². The molecule has 0 aliphatic carbocycles. The molecule has 0 aromatic carbocycles. The molecule has 0 aromatic heterocycles. The van der Waals surface area contributed by atoms with Gasteiger partial charge in [-0.25, -0.2) is 0 Å². The third-order valence-electron chi connectivity index (χ3n) is 2.12. The number of nitrogens with zero attached hydrogens (tertiary/aromatic N) is 1. The number of quaternary nitrogens is 1. The molecular formula is C5H9NO2. The highest BCUT2D eigenvalue weighted by atomic mass is 16.6. The Morgan fingerprint density at radius 3 is 2.50 bits per heavy atom. The highest BCUT2D eigenvalue weighted by Gasteiger charge is 2.55. The number of hydrogen-bond donors (Lipinski definition) is 1. The minimum atomic E-state index is -0.300. The summed E-state index contributed by atoms with van der Waals surface area (Å²) >= 11 is 0. The van der Waals surface area contributed by atoms with Gasteiger partial charge in [0.15, 0.2) is 0 Å². The van der Waals surface area contributed by atoms with Crippen LogP contribution in [0.4, 0.5) is 0 Å². The van der Waals surface area contributed by atoms with Crippen LogP contribution in [-0.4, -0.2) is 35.0 Å². The highest BCUT2D eigenvalue weighted by Crippen LogP contribution is 2.39. The molecule has 0 amide bonds. The van der Waals surface area contributed by atoms with Gasteiger partial charge >= 0.3 is 0 Å². The monoisotopic (exact) mass is 115 g/mol. The van der Waals surface area contributed by atoms with Crippen molar-refractivity contribution in [1.29, 1.82) is 0 Å². The summed E-state index contributed by atoms with van der Waals surface area (Å²) in [6, 6.07) is 0.269. The lowest BCUT2D eigenvalue weighted by molar-refractivity contribution is -0.749. The van der Waals surface area contributed by atoms with Crippen molar-refractivity contribution in [2.45, 2.75) is 18.6 Å².